The first kappa shape index (κ1) is 17.2. The van der Waals surface area contributed by atoms with Crippen LogP contribution in [0.5, 0.6) is 5.75 Å². The highest BCUT2D eigenvalue weighted by molar-refractivity contribution is 5.93. The highest BCUT2D eigenvalue weighted by Gasteiger charge is 2.19. The quantitative estimate of drug-likeness (QED) is 0.922. The lowest BCUT2D eigenvalue weighted by molar-refractivity contribution is 0.0755. The van der Waals surface area contributed by atoms with Crippen molar-refractivity contribution in [2.75, 3.05) is 25.5 Å². The van der Waals surface area contributed by atoms with Gasteiger partial charge in [0.1, 0.15) is 23.6 Å². The van der Waals surface area contributed by atoms with Crippen LogP contribution in [0.4, 0.5) is 11.5 Å². The molecule has 0 spiro atoms. The van der Waals surface area contributed by atoms with Gasteiger partial charge in [0.2, 0.25) is 0 Å². The molecule has 1 aliphatic rings. The van der Waals surface area contributed by atoms with Gasteiger partial charge in [-0.15, -0.1) is 0 Å². The van der Waals surface area contributed by atoms with Gasteiger partial charge in [0.15, 0.2) is 0 Å². The maximum atomic E-state index is 12.7. The number of hydrogen-bond donors (Lipinski definition) is 1. The van der Waals surface area contributed by atoms with Crippen molar-refractivity contribution in [3.63, 3.8) is 0 Å². The molecule has 6 heteroatoms. The van der Waals surface area contributed by atoms with Crippen LogP contribution < -0.4 is 10.1 Å². The number of methoxy groups -OCH3 is 1. The molecule has 1 amide bonds. The van der Waals surface area contributed by atoms with Gasteiger partial charge in [0.05, 0.1) is 12.8 Å². The van der Waals surface area contributed by atoms with E-state index in [2.05, 4.69) is 15.3 Å². The van der Waals surface area contributed by atoms with Crippen LogP contribution in [0.15, 0.2) is 30.6 Å². The average molecular weight is 340 g/mol. The van der Waals surface area contributed by atoms with Crippen molar-refractivity contribution < 1.29 is 9.53 Å². The summed E-state index contributed by atoms with van der Waals surface area (Å²) in [7, 11) is 1.63. The Morgan fingerprint density at radius 3 is 2.60 bits per heavy atom. The average Bonchev–Trinajstić information content (AvgIpc) is 2.91. The number of rotatable bonds is 4. The fourth-order valence-corrected chi connectivity index (χ4v) is 3.04. The smallest absolute Gasteiger partial charge is 0.272 e. The van der Waals surface area contributed by atoms with E-state index in [9.17, 15) is 4.79 Å². The van der Waals surface area contributed by atoms with Crippen molar-refractivity contribution >= 4 is 17.4 Å². The fraction of sp³-hybridized carbons (Fsp3) is 0.421. The van der Waals surface area contributed by atoms with Crippen LogP contribution in [0.25, 0.3) is 0 Å². The third-order valence-electron chi connectivity index (χ3n) is 4.40. The monoisotopic (exact) mass is 340 g/mol. The number of benzene rings is 1. The Labute approximate surface area is 148 Å². The lowest BCUT2D eigenvalue weighted by Crippen LogP contribution is -2.32. The minimum Gasteiger partial charge on any atom is -0.495 e. The number of anilines is 2. The van der Waals surface area contributed by atoms with Gasteiger partial charge in [-0.1, -0.05) is 18.9 Å². The molecule has 6 nitrogen and oxygen atoms in total. The molecule has 0 saturated carbocycles. The second-order valence-electron chi connectivity index (χ2n) is 6.32. The Morgan fingerprint density at radius 2 is 1.88 bits per heavy atom. The zero-order chi connectivity index (χ0) is 17.6. The van der Waals surface area contributed by atoms with Crippen LogP contribution in [0.1, 0.15) is 41.7 Å². The van der Waals surface area contributed by atoms with Crippen molar-refractivity contribution in [1.82, 2.24) is 14.9 Å². The first-order valence-corrected chi connectivity index (χ1v) is 8.70. The summed E-state index contributed by atoms with van der Waals surface area (Å²) in [4.78, 5) is 23.0. The summed E-state index contributed by atoms with van der Waals surface area (Å²) in [5, 5.41) is 3.23. The Bertz CT molecular complexity index is 740. The van der Waals surface area contributed by atoms with Gasteiger partial charge in [-0.2, -0.15) is 0 Å². The van der Waals surface area contributed by atoms with Gasteiger partial charge in [0, 0.05) is 19.2 Å². The minimum absolute atomic E-state index is 0.0245. The Morgan fingerprint density at radius 1 is 1.12 bits per heavy atom. The minimum atomic E-state index is -0.0245. The van der Waals surface area contributed by atoms with Crippen molar-refractivity contribution in [2.45, 2.75) is 32.6 Å². The van der Waals surface area contributed by atoms with E-state index >= 15 is 0 Å². The summed E-state index contributed by atoms with van der Waals surface area (Å²) in [6.07, 6.45) is 5.92. The maximum absolute atomic E-state index is 12.7. The van der Waals surface area contributed by atoms with Crippen LogP contribution in [0.2, 0.25) is 0 Å². The highest BCUT2D eigenvalue weighted by atomic mass is 16.5. The molecule has 0 unspecified atom stereocenters. The van der Waals surface area contributed by atoms with Crippen LogP contribution in [0, 0.1) is 6.92 Å². The number of amides is 1. The first-order valence-electron chi connectivity index (χ1n) is 8.70. The highest BCUT2D eigenvalue weighted by Crippen LogP contribution is 2.28. The van der Waals surface area contributed by atoms with E-state index in [1.54, 1.807) is 13.2 Å². The molecule has 132 valence electrons. The number of aryl methyl sites for hydroxylation is 1. The molecule has 0 radical (unpaired) electrons. The van der Waals surface area contributed by atoms with E-state index in [-0.39, 0.29) is 5.91 Å². The molecule has 2 heterocycles. The van der Waals surface area contributed by atoms with Gasteiger partial charge in [-0.3, -0.25) is 4.79 Å². The van der Waals surface area contributed by atoms with Crippen molar-refractivity contribution in [3.05, 3.63) is 41.9 Å². The number of carbonyl (C=O) groups is 1. The van der Waals surface area contributed by atoms with Gasteiger partial charge < -0.3 is 15.0 Å². The van der Waals surface area contributed by atoms with E-state index in [0.717, 1.165) is 42.9 Å². The van der Waals surface area contributed by atoms with E-state index in [4.69, 9.17) is 4.74 Å². The summed E-state index contributed by atoms with van der Waals surface area (Å²) < 4.78 is 5.38. The van der Waals surface area contributed by atoms with Crippen molar-refractivity contribution in [1.29, 1.82) is 0 Å². The third kappa shape index (κ3) is 4.26. The largest absolute Gasteiger partial charge is 0.495 e. The predicted octanol–water partition coefficient (Wildman–Crippen LogP) is 3.55. The van der Waals surface area contributed by atoms with Crippen LogP contribution >= 0.6 is 0 Å². The molecular formula is C19H24N4O2. The zero-order valence-electron chi connectivity index (χ0n) is 14.8. The van der Waals surface area contributed by atoms with Gasteiger partial charge >= 0.3 is 0 Å². The maximum Gasteiger partial charge on any atom is 0.272 e. The molecule has 25 heavy (non-hydrogen) atoms. The van der Waals surface area contributed by atoms with E-state index in [0.29, 0.717) is 11.5 Å². The number of ether oxygens (including phenoxy) is 1. The van der Waals surface area contributed by atoms with E-state index in [1.807, 2.05) is 30.0 Å². The molecule has 0 atom stereocenters. The number of nitrogens with one attached hydrogen (secondary N) is 1. The first-order chi connectivity index (χ1) is 12.2. The molecule has 1 fully saturated rings. The van der Waals surface area contributed by atoms with Crippen LogP contribution in [-0.4, -0.2) is 41.0 Å². The Balaban J connectivity index is 1.79. The van der Waals surface area contributed by atoms with Crippen LogP contribution in [-0.2, 0) is 0 Å². The molecule has 2 aromatic rings. The molecule has 1 saturated heterocycles. The van der Waals surface area contributed by atoms with Crippen molar-refractivity contribution in [3.8, 4) is 5.75 Å². The van der Waals surface area contributed by atoms with Crippen LogP contribution in [0.3, 0.4) is 0 Å². The summed E-state index contributed by atoms with van der Waals surface area (Å²) >= 11 is 0. The number of hydrogen-bond acceptors (Lipinski definition) is 5. The fourth-order valence-electron chi connectivity index (χ4n) is 3.04. The lowest BCUT2D eigenvalue weighted by atomic mass is 10.2. The molecule has 1 aliphatic heterocycles. The number of likely N-dealkylation sites (tertiary alicyclic amines) is 1. The Hall–Kier alpha value is -2.63. The molecule has 1 aromatic heterocycles. The Kier molecular flexibility index (Phi) is 5.48. The predicted molar refractivity (Wildman–Crippen MR) is 97.4 cm³/mol. The van der Waals surface area contributed by atoms with Gasteiger partial charge in [-0.25, -0.2) is 9.97 Å². The normalized spacial score (nSPS) is 14.7. The standard InChI is InChI=1S/C19H24N4O2/c1-14-7-8-17(25-2)15(11-14)22-18-12-16(20-13-21-18)19(24)23-9-5-3-4-6-10-23/h7-8,11-13H,3-6,9-10H2,1-2H3,(H,20,21,22). The second-order valence-corrected chi connectivity index (χ2v) is 6.32. The number of nitrogens with zero attached hydrogens (tertiary/aromatic N) is 3. The summed E-state index contributed by atoms with van der Waals surface area (Å²) in [6.45, 7) is 3.62. The molecule has 1 aromatic carbocycles. The molecule has 1 N–H and O–H groups in total. The second kappa shape index (κ2) is 7.96. The lowest BCUT2D eigenvalue weighted by Gasteiger charge is -2.20. The molecule has 0 bridgehead atoms. The third-order valence-corrected chi connectivity index (χ3v) is 4.40. The molecule has 0 aliphatic carbocycles. The number of carbonyl (C=O) groups excluding carboxylic acids is 1. The topological polar surface area (TPSA) is 67.3 Å². The summed E-state index contributed by atoms with van der Waals surface area (Å²) in [6, 6.07) is 7.58. The number of aromatic nitrogens is 2. The van der Waals surface area contributed by atoms with Crippen molar-refractivity contribution in [2.24, 2.45) is 0 Å². The van der Waals surface area contributed by atoms with E-state index in [1.165, 1.54) is 19.2 Å². The summed E-state index contributed by atoms with van der Waals surface area (Å²) in [5.74, 6) is 1.28. The summed E-state index contributed by atoms with van der Waals surface area (Å²) in [5.41, 5.74) is 2.35. The zero-order valence-corrected chi connectivity index (χ0v) is 14.8. The van der Waals surface area contributed by atoms with E-state index < -0.39 is 0 Å². The molecule has 3 rings (SSSR count). The van der Waals surface area contributed by atoms with Gasteiger partial charge in [0.25, 0.3) is 5.91 Å². The van der Waals surface area contributed by atoms with Gasteiger partial charge in [-0.05, 0) is 37.5 Å². The molecular weight excluding hydrogens is 316 g/mol. The SMILES string of the molecule is COc1ccc(C)cc1Nc1cc(C(=O)N2CCCCCC2)ncn1.